The van der Waals surface area contributed by atoms with Crippen molar-refractivity contribution in [3.05, 3.63) is 33.2 Å². The van der Waals surface area contributed by atoms with E-state index in [0.717, 1.165) is 12.8 Å². The van der Waals surface area contributed by atoms with Gasteiger partial charge in [-0.2, -0.15) is 13.2 Å². The zero-order valence-corrected chi connectivity index (χ0v) is 13.8. The summed E-state index contributed by atoms with van der Waals surface area (Å²) < 4.78 is 43.1. The van der Waals surface area contributed by atoms with Crippen molar-refractivity contribution in [1.29, 1.82) is 0 Å². The summed E-state index contributed by atoms with van der Waals surface area (Å²) in [7, 11) is 0. The van der Waals surface area contributed by atoms with Gasteiger partial charge in [0.25, 0.3) is 11.5 Å². The van der Waals surface area contributed by atoms with Gasteiger partial charge in [-0.15, -0.1) is 0 Å². The van der Waals surface area contributed by atoms with E-state index >= 15 is 0 Å². The fourth-order valence-corrected chi connectivity index (χ4v) is 2.04. The molecule has 1 aromatic rings. The van der Waals surface area contributed by atoms with E-state index in [9.17, 15) is 32.3 Å². The number of amides is 3. The second-order valence-corrected chi connectivity index (χ2v) is 5.87. The molecule has 2 rings (SSSR count). The van der Waals surface area contributed by atoms with Gasteiger partial charge in [0, 0.05) is 12.2 Å². The third-order valence-electron chi connectivity index (χ3n) is 3.20. The first kappa shape index (κ1) is 19.8. The molecule has 1 saturated carbocycles. The van der Waals surface area contributed by atoms with Gasteiger partial charge in [-0.25, -0.2) is 4.79 Å². The quantitative estimate of drug-likeness (QED) is 0.725. The van der Waals surface area contributed by atoms with Gasteiger partial charge in [-0.1, -0.05) is 11.6 Å². The van der Waals surface area contributed by atoms with Crippen molar-refractivity contribution in [2.75, 3.05) is 6.61 Å². The summed E-state index contributed by atoms with van der Waals surface area (Å²) in [5, 5.41) is 3.66. The molecule has 2 N–H and O–H groups in total. The SMILES string of the molecule is O=C(COC(=O)Cn1cc(C(F)(F)F)cc(Cl)c1=O)NC(=O)NC1CC1. The summed E-state index contributed by atoms with van der Waals surface area (Å²) in [6.45, 7) is -1.72. The number of pyridine rings is 1. The molecule has 1 heterocycles. The molecular formula is C14H13ClF3N3O5. The number of rotatable bonds is 5. The predicted octanol–water partition coefficient (Wildman–Crippen LogP) is 1.05. The Bertz CT molecular complexity index is 789. The van der Waals surface area contributed by atoms with Crippen molar-refractivity contribution in [3.63, 3.8) is 0 Å². The van der Waals surface area contributed by atoms with Gasteiger partial charge in [0.05, 0.1) is 5.56 Å². The Hall–Kier alpha value is -2.56. The average Bonchev–Trinajstić information content (AvgIpc) is 3.32. The van der Waals surface area contributed by atoms with Gasteiger partial charge in [-0.05, 0) is 18.9 Å². The van der Waals surface area contributed by atoms with Crippen molar-refractivity contribution in [2.24, 2.45) is 0 Å². The fourth-order valence-electron chi connectivity index (χ4n) is 1.81. The number of esters is 1. The van der Waals surface area contributed by atoms with Gasteiger partial charge in [-0.3, -0.25) is 19.7 Å². The Balaban J connectivity index is 1.90. The summed E-state index contributed by atoms with van der Waals surface area (Å²) >= 11 is 5.45. The highest BCUT2D eigenvalue weighted by molar-refractivity contribution is 6.30. The number of halogens is 4. The van der Waals surface area contributed by atoms with Crippen LogP contribution in [-0.4, -0.2) is 35.1 Å². The molecule has 3 amide bonds. The van der Waals surface area contributed by atoms with E-state index in [-0.39, 0.29) is 6.04 Å². The van der Waals surface area contributed by atoms with E-state index in [4.69, 9.17) is 11.6 Å². The first-order valence-electron chi connectivity index (χ1n) is 7.29. The molecule has 0 aromatic carbocycles. The van der Waals surface area contributed by atoms with Crippen LogP contribution in [0, 0.1) is 0 Å². The van der Waals surface area contributed by atoms with E-state index in [1.165, 1.54) is 0 Å². The van der Waals surface area contributed by atoms with Crippen LogP contribution in [0.25, 0.3) is 0 Å². The molecule has 0 saturated heterocycles. The highest BCUT2D eigenvalue weighted by Crippen LogP contribution is 2.29. The fraction of sp³-hybridized carbons (Fsp3) is 0.429. The number of urea groups is 1. The number of nitrogens with zero attached hydrogens (tertiary/aromatic N) is 1. The molecule has 1 aliphatic carbocycles. The van der Waals surface area contributed by atoms with Crippen LogP contribution in [0.2, 0.25) is 5.02 Å². The number of hydrogen-bond donors (Lipinski definition) is 2. The van der Waals surface area contributed by atoms with E-state index in [1.54, 1.807) is 0 Å². The number of carbonyl (C=O) groups excluding carboxylic acids is 3. The standard InChI is InChI=1S/C14H13ClF3N3O5/c15-9-3-7(14(16,17)18)4-21(12(9)24)5-11(23)26-6-10(22)20-13(25)19-8-1-2-8/h3-4,8H,1-2,5-6H2,(H2,19,20,22,25). The van der Waals surface area contributed by atoms with Crippen LogP contribution >= 0.6 is 11.6 Å². The summed E-state index contributed by atoms with van der Waals surface area (Å²) in [5.41, 5.74) is -2.24. The maximum atomic E-state index is 12.7. The Morgan fingerprint density at radius 2 is 1.96 bits per heavy atom. The summed E-state index contributed by atoms with van der Waals surface area (Å²) in [5.74, 6) is -2.08. The van der Waals surface area contributed by atoms with E-state index < -0.39 is 53.4 Å². The zero-order chi connectivity index (χ0) is 19.5. The smallest absolute Gasteiger partial charge is 0.417 e. The molecule has 8 nitrogen and oxygen atoms in total. The molecule has 12 heteroatoms. The number of hydrogen-bond acceptors (Lipinski definition) is 5. The molecule has 0 atom stereocenters. The number of alkyl halides is 3. The second kappa shape index (κ2) is 7.77. The number of aromatic nitrogens is 1. The minimum atomic E-state index is -4.77. The minimum Gasteiger partial charge on any atom is -0.454 e. The molecule has 26 heavy (non-hydrogen) atoms. The van der Waals surface area contributed by atoms with Crippen molar-refractivity contribution < 1.29 is 32.3 Å². The monoisotopic (exact) mass is 395 g/mol. The Labute approximate surface area is 149 Å². The minimum absolute atomic E-state index is 0.0166. The lowest BCUT2D eigenvalue weighted by Crippen LogP contribution is -2.42. The molecular weight excluding hydrogens is 383 g/mol. The van der Waals surface area contributed by atoms with Crippen LogP contribution in [-0.2, 0) is 27.0 Å². The Morgan fingerprint density at radius 3 is 2.54 bits per heavy atom. The summed E-state index contributed by atoms with van der Waals surface area (Å²) in [4.78, 5) is 46.1. The lowest BCUT2D eigenvalue weighted by atomic mass is 10.2. The third-order valence-corrected chi connectivity index (χ3v) is 3.47. The first-order valence-corrected chi connectivity index (χ1v) is 7.67. The third kappa shape index (κ3) is 5.76. The van der Waals surface area contributed by atoms with Crippen molar-refractivity contribution >= 4 is 29.5 Å². The predicted molar refractivity (Wildman–Crippen MR) is 81.4 cm³/mol. The molecule has 0 unspecified atom stereocenters. The maximum Gasteiger partial charge on any atom is 0.417 e. The van der Waals surface area contributed by atoms with Crippen LogP contribution in [0.15, 0.2) is 17.1 Å². The van der Waals surface area contributed by atoms with Crippen molar-refractivity contribution in [2.45, 2.75) is 31.6 Å². The number of nitrogens with one attached hydrogen (secondary N) is 2. The van der Waals surface area contributed by atoms with Crippen LogP contribution in [0.1, 0.15) is 18.4 Å². The Kier molecular flexibility index (Phi) is 5.90. The molecule has 1 aliphatic rings. The van der Waals surface area contributed by atoms with E-state index in [0.29, 0.717) is 16.8 Å². The highest BCUT2D eigenvalue weighted by Gasteiger charge is 2.32. The van der Waals surface area contributed by atoms with E-state index in [1.807, 2.05) is 5.32 Å². The van der Waals surface area contributed by atoms with Gasteiger partial charge in [0.2, 0.25) is 0 Å². The van der Waals surface area contributed by atoms with Crippen LogP contribution in [0.4, 0.5) is 18.0 Å². The summed E-state index contributed by atoms with van der Waals surface area (Å²) in [6, 6.07) is -0.283. The lowest BCUT2D eigenvalue weighted by Gasteiger charge is -2.11. The van der Waals surface area contributed by atoms with Crippen molar-refractivity contribution in [1.82, 2.24) is 15.2 Å². The number of carbonyl (C=O) groups is 3. The highest BCUT2D eigenvalue weighted by atomic mass is 35.5. The molecule has 142 valence electrons. The van der Waals surface area contributed by atoms with Gasteiger partial charge >= 0.3 is 18.2 Å². The molecule has 0 spiro atoms. The topological polar surface area (TPSA) is 106 Å². The Morgan fingerprint density at radius 1 is 1.31 bits per heavy atom. The molecule has 1 aromatic heterocycles. The van der Waals surface area contributed by atoms with Crippen LogP contribution in [0.3, 0.4) is 0 Å². The maximum absolute atomic E-state index is 12.7. The normalized spacial score (nSPS) is 13.8. The lowest BCUT2D eigenvalue weighted by molar-refractivity contribution is -0.149. The van der Waals surface area contributed by atoms with Gasteiger partial charge in [0.15, 0.2) is 6.61 Å². The number of imide groups is 1. The van der Waals surface area contributed by atoms with Gasteiger partial charge in [0.1, 0.15) is 11.6 Å². The molecule has 1 fully saturated rings. The first-order chi connectivity index (χ1) is 12.1. The van der Waals surface area contributed by atoms with Gasteiger partial charge < -0.3 is 14.6 Å². The number of ether oxygens (including phenoxy) is 1. The van der Waals surface area contributed by atoms with E-state index in [2.05, 4.69) is 10.1 Å². The molecule has 0 bridgehead atoms. The summed E-state index contributed by atoms with van der Waals surface area (Å²) in [6.07, 6.45) is -2.73. The van der Waals surface area contributed by atoms with Crippen molar-refractivity contribution in [3.8, 4) is 0 Å². The van der Waals surface area contributed by atoms with Crippen LogP contribution in [0.5, 0.6) is 0 Å². The zero-order valence-electron chi connectivity index (χ0n) is 13.1. The largest absolute Gasteiger partial charge is 0.454 e. The van der Waals surface area contributed by atoms with Crippen LogP contribution < -0.4 is 16.2 Å². The molecule has 0 aliphatic heterocycles. The average molecular weight is 396 g/mol. The second-order valence-electron chi connectivity index (χ2n) is 5.46. The molecule has 0 radical (unpaired) electrons.